The van der Waals surface area contributed by atoms with Crippen LogP contribution >= 0.6 is 0 Å². The number of ether oxygens (including phenoxy) is 1. The zero-order valence-corrected chi connectivity index (χ0v) is 8.47. The van der Waals surface area contributed by atoms with E-state index in [0.717, 1.165) is 12.2 Å². The van der Waals surface area contributed by atoms with Gasteiger partial charge in [-0.05, 0) is 36.6 Å². The quantitative estimate of drug-likeness (QED) is 0.627. The number of methoxy groups -OCH3 is 1. The Morgan fingerprint density at radius 3 is 2.92 bits per heavy atom. The van der Waals surface area contributed by atoms with Crippen LogP contribution in [-0.2, 0) is 6.42 Å². The summed E-state index contributed by atoms with van der Waals surface area (Å²) >= 11 is 0. The Labute approximate surface area is 80.7 Å². The van der Waals surface area contributed by atoms with Gasteiger partial charge in [0.1, 0.15) is 5.75 Å². The van der Waals surface area contributed by atoms with E-state index < -0.39 is 0 Å². The molecule has 0 spiro atoms. The average Bonchev–Trinajstić information content (AvgIpc) is 2.19. The molecular formula is C12H17O. The highest BCUT2D eigenvalue weighted by Crippen LogP contribution is 2.19. The van der Waals surface area contributed by atoms with Gasteiger partial charge in [-0.25, -0.2) is 0 Å². The second-order valence-corrected chi connectivity index (χ2v) is 3.20. The number of benzene rings is 1. The van der Waals surface area contributed by atoms with E-state index in [9.17, 15) is 0 Å². The van der Waals surface area contributed by atoms with Crippen molar-refractivity contribution in [3.8, 4) is 5.75 Å². The molecule has 1 radical (unpaired) electrons. The van der Waals surface area contributed by atoms with Gasteiger partial charge < -0.3 is 4.74 Å². The first-order chi connectivity index (χ1) is 6.38. The number of unbranched alkanes of at least 4 members (excludes halogenated alkanes) is 2. The summed E-state index contributed by atoms with van der Waals surface area (Å²) in [5.41, 5.74) is 1.28. The zero-order valence-electron chi connectivity index (χ0n) is 8.47. The van der Waals surface area contributed by atoms with E-state index >= 15 is 0 Å². The molecule has 1 rings (SSSR count). The van der Waals surface area contributed by atoms with Crippen LogP contribution in [0.3, 0.4) is 0 Å². The summed E-state index contributed by atoms with van der Waals surface area (Å²) in [6.45, 7) is 2.22. The predicted octanol–water partition coefficient (Wildman–Crippen LogP) is 3.23. The standard InChI is InChI=1S/C12H17O/c1-3-4-5-8-11-9-6-7-10-12(11)13-2/h7,9-10H,3-5,8H2,1-2H3. The summed E-state index contributed by atoms with van der Waals surface area (Å²) in [6, 6.07) is 8.97. The number of aryl methyl sites for hydroxylation is 1. The molecule has 0 heterocycles. The molecule has 1 aromatic rings. The largest absolute Gasteiger partial charge is 0.496 e. The summed E-state index contributed by atoms with van der Waals surface area (Å²) in [5, 5.41) is 0. The minimum absolute atomic E-state index is 0.995. The van der Waals surface area contributed by atoms with Crippen molar-refractivity contribution >= 4 is 0 Å². The Bertz CT molecular complexity index is 243. The van der Waals surface area contributed by atoms with Crippen molar-refractivity contribution in [1.82, 2.24) is 0 Å². The van der Waals surface area contributed by atoms with E-state index in [2.05, 4.69) is 13.0 Å². The molecule has 0 saturated heterocycles. The van der Waals surface area contributed by atoms with Crippen molar-refractivity contribution in [3.63, 3.8) is 0 Å². The highest BCUT2D eigenvalue weighted by Gasteiger charge is 1.99. The lowest BCUT2D eigenvalue weighted by molar-refractivity contribution is 0.409. The molecule has 1 aromatic carbocycles. The minimum atomic E-state index is 0.995. The molecule has 0 aliphatic rings. The van der Waals surface area contributed by atoms with Crippen LogP contribution in [0, 0.1) is 6.07 Å². The molecule has 0 aliphatic carbocycles. The molecule has 0 bridgehead atoms. The third kappa shape index (κ3) is 3.10. The molecule has 0 aliphatic heterocycles. The van der Waals surface area contributed by atoms with Crippen LogP contribution in [0.1, 0.15) is 31.7 Å². The van der Waals surface area contributed by atoms with Gasteiger partial charge >= 0.3 is 0 Å². The lowest BCUT2D eigenvalue weighted by Crippen LogP contribution is -1.91. The number of hydrogen-bond acceptors (Lipinski definition) is 1. The van der Waals surface area contributed by atoms with Crippen molar-refractivity contribution in [3.05, 3.63) is 29.8 Å². The lowest BCUT2D eigenvalue weighted by Gasteiger charge is -2.06. The molecule has 0 N–H and O–H groups in total. The molecule has 0 atom stereocenters. The Hall–Kier alpha value is -0.980. The van der Waals surface area contributed by atoms with Crippen LogP contribution in [0.4, 0.5) is 0 Å². The first-order valence-corrected chi connectivity index (χ1v) is 4.91. The SMILES string of the molecule is CCCCCc1c[c]ccc1OC. The van der Waals surface area contributed by atoms with Gasteiger partial charge in [-0.3, -0.25) is 0 Å². The maximum atomic E-state index is 5.26. The fourth-order valence-electron chi connectivity index (χ4n) is 1.41. The van der Waals surface area contributed by atoms with Crippen molar-refractivity contribution in [2.45, 2.75) is 32.6 Å². The summed E-state index contributed by atoms with van der Waals surface area (Å²) in [7, 11) is 1.72. The summed E-state index contributed by atoms with van der Waals surface area (Å²) in [5.74, 6) is 0.995. The maximum absolute atomic E-state index is 5.26. The van der Waals surface area contributed by atoms with Gasteiger partial charge in [-0.2, -0.15) is 0 Å². The molecule has 0 fully saturated rings. The van der Waals surface area contributed by atoms with Crippen LogP contribution in [0.25, 0.3) is 0 Å². The molecule has 0 amide bonds. The molecular weight excluding hydrogens is 160 g/mol. The van der Waals surface area contributed by atoms with E-state index in [1.54, 1.807) is 7.11 Å². The number of hydrogen-bond donors (Lipinski definition) is 0. The van der Waals surface area contributed by atoms with Gasteiger partial charge in [0.2, 0.25) is 0 Å². The van der Waals surface area contributed by atoms with Gasteiger partial charge in [0.15, 0.2) is 0 Å². The van der Waals surface area contributed by atoms with E-state index in [1.807, 2.05) is 18.2 Å². The second kappa shape index (κ2) is 5.63. The van der Waals surface area contributed by atoms with Crippen molar-refractivity contribution in [1.29, 1.82) is 0 Å². The molecule has 0 saturated carbocycles. The Balaban J connectivity index is 2.54. The van der Waals surface area contributed by atoms with E-state index in [1.165, 1.54) is 24.8 Å². The third-order valence-electron chi connectivity index (χ3n) is 2.17. The topological polar surface area (TPSA) is 9.23 Å². The van der Waals surface area contributed by atoms with Gasteiger partial charge in [0.05, 0.1) is 7.11 Å². The normalized spacial score (nSPS) is 10.0. The monoisotopic (exact) mass is 177 g/mol. The molecule has 71 valence electrons. The van der Waals surface area contributed by atoms with E-state index in [0.29, 0.717) is 0 Å². The molecule has 1 heteroatoms. The summed E-state index contributed by atoms with van der Waals surface area (Å²) < 4.78 is 5.26. The van der Waals surface area contributed by atoms with Crippen LogP contribution < -0.4 is 4.74 Å². The van der Waals surface area contributed by atoms with Crippen molar-refractivity contribution in [2.24, 2.45) is 0 Å². The van der Waals surface area contributed by atoms with Gasteiger partial charge in [0.25, 0.3) is 0 Å². The highest BCUT2D eigenvalue weighted by atomic mass is 16.5. The predicted molar refractivity (Wildman–Crippen MR) is 55.1 cm³/mol. The lowest BCUT2D eigenvalue weighted by atomic mass is 10.1. The Kier molecular flexibility index (Phi) is 4.37. The third-order valence-corrected chi connectivity index (χ3v) is 2.17. The smallest absolute Gasteiger partial charge is 0.122 e. The first kappa shape index (κ1) is 10.1. The van der Waals surface area contributed by atoms with Crippen LogP contribution in [0.2, 0.25) is 0 Å². The second-order valence-electron chi connectivity index (χ2n) is 3.20. The fourth-order valence-corrected chi connectivity index (χ4v) is 1.41. The van der Waals surface area contributed by atoms with Crippen LogP contribution in [0.15, 0.2) is 18.2 Å². The molecule has 0 unspecified atom stereocenters. The van der Waals surface area contributed by atoms with Crippen LogP contribution in [0.5, 0.6) is 5.75 Å². The fraction of sp³-hybridized carbons (Fsp3) is 0.500. The van der Waals surface area contributed by atoms with Crippen LogP contribution in [-0.4, -0.2) is 7.11 Å². The van der Waals surface area contributed by atoms with Gasteiger partial charge in [-0.15, -0.1) is 0 Å². The molecule has 0 aromatic heterocycles. The maximum Gasteiger partial charge on any atom is 0.122 e. The van der Waals surface area contributed by atoms with E-state index in [-0.39, 0.29) is 0 Å². The summed E-state index contributed by atoms with van der Waals surface area (Å²) in [6.07, 6.45) is 4.90. The first-order valence-electron chi connectivity index (χ1n) is 4.91. The average molecular weight is 177 g/mol. The highest BCUT2D eigenvalue weighted by molar-refractivity contribution is 5.32. The van der Waals surface area contributed by atoms with Gasteiger partial charge in [0, 0.05) is 0 Å². The summed E-state index contributed by atoms with van der Waals surface area (Å²) in [4.78, 5) is 0. The molecule has 1 nitrogen and oxygen atoms in total. The van der Waals surface area contributed by atoms with Gasteiger partial charge in [-0.1, -0.05) is 25.8 Å². The Morgan fingerprint density at radius 2 is 2.23 bits per heavy atom. The zero-order chi connectivity index (χ0) is 9.52. The minimum Gasteiger partial charge on any atom is -0.496 e. The molecule has 13 heavy (non-hydrogen) atoms. The van der Waals surface area contributed by atoms with E-state index in [4.69, 9.17) is 4.74 Å². The Morgan fingerprint density at radius 1 is 1.38 bits per heavy atom. The van der Waals surface area contributed by atoms with Crippen molar-refractivity contribution < 1.29 is 4.74 Å². The number of rotatable bonds is 5. The van der Waals surface area contributed by atoms with Crippen molar-refractivity contribution in [2.75, 3.05) is 7.11 Å².